The summed E-state index contributed by atoms with van der Waals surface area (Å²) in [5, 5.41) is 20.0. The fourth-order valence-corrected chi connectivity index (χ4v) is 1.52. The van der Waals surface area contributed by atoms with Gasteiger partial charge < -0.3 is 15.3 Å². The Kier molecular flexibility index (Phi) is 5.35. The second-order valence-electron chi connectivity index (χ2n) is 3.93. The quantitative estimate of drug-likeness (QED) is 0.846. The molecule has 0 bridgehead atoms. The molecule has 6 heteroatoms. The van der Waals surface area contributed by atoms with Crippen LogP contribution in [0.4, 0.5) is 10.5 Å². The van der Waals surface area contributed by atoms with Gasteiger partial charge >= 0.3 is 12.0 Å². The Morgan fingerprint density at radius 2 is 2.00 bits per heavy atom. The van der Waals surface area contributed by atoms with Crippen LogP contribution in [0.15, 0.2) is 24.3 Å². The summed E-state index contributed by atoms with van der Waals surface area (Å²) in [6.45, 7) is 1.90. The Balaban J connectivity index is 2.69. The molecule has 0 unspecified atom stereocenters. The summed E-state index contributed by atoms with van der Waals surface area (Å²) in [7, 11) is 0. The molecular formula is C13H15N3O3. The molecule has 1 aromatic carbocycles. The van der Waals surface area contributed by atoms with Gasteiger partial charge in [0.05, 0.1) is 11.6 Å². The Hall–Kier alpha value is -2.55. The zero-order chi connectivity index (χ0) is 14.3. The molecule has 0 saturated carbocycles. The third-order valence-corrected chi connectivity index (χ3v) is 2.37. The Morgan fingerprint density at radius 3 is 2.47 bits per heavy atom. The van der Waals surface area contributed by atoms with Crippen molar-refractivity contribution in [1.29, 1.82) is 5.26 Å². The van der Waals surface area contributed by atoms with Gasteiger partial charge in [0.1, 0.15) is 6.54 Å². The van der Waals surface area contributed by atoms with Crippen molar-refractivity contribution in [3.05, 3.63) is 29.8 Å². The van der Waals surface area contributed by atoms with Gasteiger partial charge in [0.25, 0.3) is 0 Å². The maximum absolute atomic E-state index is 11.9. The van der Waals surface area contributed by atoms with E-state index >= 15 is 0 Å². The summed E-state index contributed by atoms with van der Waals surface area (Å²) in [4.78, 5) is 23.8. The Labute approximate surface area is 111 Å². The van der Waals surface area contributed by atoms with Crippen LogP contribution in [0.5, 0.6) is 0 Å². The van der Waals surface area contributed by atoms with Gasteiger partial charge in [-0.25, -0.2) is 4.79 Å². The first-order valence-electron chi connectivity index (χ1n) is 5.84. The van der Waals surface area contributed by atoms with E-state index < -0.39 is 12.0 Å². The summed E-state index contributed by atoms with van der Waals surface area (Å²) in [6, 6.07) is 7.87. The molecule has 6 nitrogen and oxygen atoms in total. The predicted octanol–water partition coefficient (Wildman–Crippen LogP) is 1.89. The van der Waals surface area contributed by atoms with Gasteiger partial charge in [-0.2, -0.15) is 5.26 Å². The molecule has 100 valence electrons. The van der Waals surface area contributed by atoms with Gasteiger partial charge in [-0.3, -0.25) is 4.79 Å². The molecule has 0 spiro atoms. The normalized spacial score (nSPS) is 9.47. The minimum atomic E-state index is -1.05. The largest absolute Gasteiger partial charge is 0.480 e. The fraction of sp³-hybridized carbons (Fsp3) is 0.308. The van der Waals surface area contributed by atoms with Gasteiger partial charge in [-0.15, -0.1) is 0 Å². The second kappa shape index (κ2) is 7.01. The number of rotatable bonds is 5. The van der Waals surface area contributed by atoms with Crippen molar-refractivity contribution in [3.63, 3.8) is 0 Å². The summed E-state index contributed by atoms with van der Waals surface area (Å²) in [5.74, 6) is -1.05. The molecule has 0 heterocycles. The molecule has 1 rings (SSSR count). The maximum atomic E-state index is 11.9. The standard InChI is InChI=1S/C13H15N3O3/c1-2-7-16(9-12(17)18)13(19)15-11-5-3-10(8-14)4-6-11/h3-6H,2,7,9H2,1H3,(H,15,19)(H,17,18). The van der Waals surface area contributed by atoms with Crippen LogP contribution >= 0.6 is 0 Å². The van der Waals surface area contributed by atoms with E-state index in [4.69, 9.17) is 10.4 Å². The van der Waals surface area contributed by atoms with E-state index in [2.05, 4.69) is 5.32 Å². The summed E-state index contributed by atoms with van der Waals surface area (Å²) in [6.07, 6.45) is 0.675. The molecule has 0 aliphatic heterocycles. The average molecular weight is 261 g/mol. The Morgan fingerprint density at radius 1 is 1.37 bits per heavy atom. The SMILES string of the molecule is CCCN(CC(=O)O)C(=O)Nc1ccc(C#N)cc1. The minimum absolute atomic E-state index is 0.337. The number of aliphatic carboxylic acids is 1. The molecule has 0 saturated heterocycles. The van der Waals surface area contributed by atoms with E-state index in [0.29, 0.717) is 24.2 Å². The third-order valence-electron chi connectivity index (χ3n) is 2.37. The zero-order valence-corrected chi connectivity index (χ0v) is 10.6. The van der Waals surface area contributed by atoms with E-state index in [1.165, 1.54) is 4.90 Å². The molecular weight excluding hydrogens is 246 g/mol. The number of benzene rings is 1. The number of carbonyl (C=O) groups excluding carboxylic acids is 1. The van der Waals surface area contributed by atoms with Crippen LogP contribution in [-0.2, 0) is 4.79 Å². The number of nitriles is 1. The number of carboxylic acid groups (broad SMARTS) is 1. The van der Waals surface area contributed by atoms with Gasteiger partial charge in [-0.1, -0.05) is 6.92 Å². The van der Waals surface area contributed by atoms with Crippen molar-refractivity contribution in [3.8, 4) is 6.07 Å². The highest BCUT2D eigenvalue weighted by molar-refractivity contribution is 5.91. The summed E-state index contributed by atoms with van der Waals surface area (Å²) in [5.41, 5.74) is 1.02. The first-order chi connectivity index (χ1) is 9.06. The van der Waals surface area contributed by atoms with E-state index in [-0.39, 0.29) is 6.54 Å². The van der Waals surface area contributed by atoms with Crippen LogP contribution in [0, 0.1) is 11.3 Å². The maximum Gasteiger partial charge on any atom is 0.323 e. The van der Waals surface area contributed by atoms with Crippen LogP contribution in [0.1, 0.15) is 18.9 Å². The number of amides is 2. The number of carbonyl (C=O) groups is 2. The lowest BCUT2D eigenvalue weighted by Crippen LogP contribution is -2.39. The van der Waals surface area contributed by atoms with Crippen molar-refractivity contribution >= 4 is 17.7 Å². The smallest absolute Gasteiger partial charge is 0.323 e. The van der Waals surface area contributed by atoms with Crippen molar-refractivity contribution in [2.75, 3.05) is 18.4 Å². The predicted molar refractivity (Wildman–Crippen MR) is 69.7 cm³/mol. The number of anilines is 1. The highest BCUT2D eigenvalue weighted by Crippen LogP contribution is 2.10. The van der Waals surface area contributed by atoms with Crippen molar-refractivity contribution < 1.29 is 14.7 Å². The molecule has 0 aromatic heterocycles. The first kappa shape index (κ1) is 14.5. The number of urea groups is 1. The zero-order valence-electron chi connectivity index (χ0n) is 10.6. The fourth-order valence-electron chi connectivity index (χ4n) is 1.52. The molecule has 0 atom stereocenters. The van der Waals surface area contributed by atoms with Gasteiger partial charge in [0, 0.05) is 12.2 Å². The molecule has 0 aliphatic rings. The molecule has 0 aliphatic carbocycles. The topological polar surface area (TPSA) is 93.4 Å². The minimum Gasteiger partial charge on any atom is -0.480 e. The van der Waals surface area contributed by atoms with Crippen LogP contribution in [-0.4, -0.2) is 35.1 Å². The van der Waals surface area contributed by atoms with E-state index in [9.17, 15) is 9.59 Å². The van der Waals surface area contributed by atoms with Crippen LogP contribution in [0.2, 0.25) is 0 Å². The van der Waals surface area contributed by atoms with Crippen molar-refractivity contribution in [2.45, 2.75) is 13.3 Å². The van der Waals surface area contributed by atoms with Crippen LogP contribution in [0.3, 0.4) is 0 Å². The van der Waals surface area contributed by atoms with E-state index in [1.807, 2.05) is 13.0 Å². The monoisotopic (exact) mass is 261 g/mol. The first-order valence-corrected chi connectivity index (χ1v) is 5.84. The highest BCUT2D eigenvalue weighted by Gasteiger charge is 2.15. The molecule has 19 heavy (non-hydrogen) atoms. The molecule has 0 radical (unpaired) electrons. The van der Waals surface area contributed by atoms with Crippen molar-refractivity contribution in [2.24, 2.45) is 0 Å². The molecule has 2 N–H and O–H groups in total. The lowest BCUT2D eigenvalue weighted by Gasteiger charge is -2.20. The van der Waals surface area contributed by atoms with Gasteiger partial charge in [0.2, 0.25) is 0 Å². The number of nitrogens with one attached hydrogen (secondary N) is 1. The van der Waals surface area contributed by atoms with Crippen molar-refractivity contribution in [1.82, 2.24) is 4.90 Å². The Bertz CT molecular complexity index is 491. The summed E-state index contributed by atoms with van der Waals surface area (Å²) >= 11 is 0. The number of carboxylic acids is 1. The summed E-state index contributed by atoms with van der Waals surface area (Å²) < 4.78 is 0. The van der Waals surface area contributed by atoms with E-state index in [1.54, 1.807) is 24.3 Å². The number of hydrogen-bond donors (Lipinski definition) is 2. The number of nitrogens with zero attached hydrogens (tertiary/aromatic N) is 2. The molecule has 0 fully saturated rings. The number of hydrogen-bond acceptors (Lipinski definition) is 3. The van der Waals surface area contributed by atoms with Gasteiger partial charge in [0.15, 0.2) is 0 Å². The lowest BCUT2D eigenvalue weighted by molar-refractivity contribution is -0.137. The second-order valence-corrected chi connectivity index (χ2v) is 3.93. The lowest BCUT2D eigenvalue weighted by atomic mass is 10.2. The van der Waals surface area contributed by atoms with Crippen LogP contribution < -0.4 is 5.32 Å². The average Bonchev–Trinajstić information content (AvgIpc) is 2.38. The molecule has 1 aromatic rings. The van der Waals surface area contributed by atoms with Crippen LogP contribution in [0.25, 0.3) is 0 Å². The molecule has 2 amide bonds. The third kappa shape index (κ3) is 4.68. The highest BCUT2D eigenvalue weighted by atomic mass is 16.4. The van der Waals surface area contributed by atoms with E-state index in [0.717, 1.165) is 0 Å². The van der Waals surface area contributed by atoms with Gasteiger partial charge in [-0.05, 0) is 30.7 Å².